The number of amides is 1. The van der Waals surface area contributed by atoms with Crippen molar-refractivity contribution in [3.05, 3.63) is 48.7 Å². The van der Waals surface area contributed by atoms with Crippen LogP contribution < -0.4 is 14.4 Å². The number of pyridine rings is 1. The smallest absolute Gasteiger partial charge is 0.243 e. The van der Waals surface area contributed by atoms with Crippen LogP contribution in [0.25, 0.3) is 0 Å². The SMILES string of the molecule is CCOc1ccc(N([C@H](C)C(=O)NCCSc2ccccn2)S(C)(=O)=O)cc1. The monoisotopic (exact) mass is 423 g/mol. The number of carbonyl (C=O) groups is 1. The quantitative estimate of drug-likeness (QED) is 0.467. The molecule has 9 heteroatoms. The second kappa shape index (κ2) is 10.3. The molecule has 1 atom stereocenters. The van der Waals surface area contributed by atoms with Crippen molar-refractivity contribution in [3.8, 4) is 5.75 Å². The highest BCUT2D eigenvalue weighted by Crippen LogP contribution is 2.24. The molecule has 0 aliphatic heterocycles. The molecular weight excluding hydrogens is 398 g/mol. The van der Waals surface area contributed by atoms with Gasteiger partial charge in [0.05, 0.1) is 23.6 Å². The van der Waals surface area contributed by atoms with E-state index in [9.17, 15) is 13.2 Å². The van der Waals surface area contributed by atoms with Crippen molar-refractivity contribution < 1.29 is 17.9 Å². The molecule has 2 aromatic rings. The number of anilines is 1. The molecule has 2 rings (SSSR count). The summed E-state index contributed by atoms with van der Waals surface area (Å²) in [6.45, 7) is 4.36. The molecule has 0 saturated heterocycles. The number of benzene rings is 1. The van der Waals surface area contributed by atoms with E-state index in [1.807, 2.05) is 25.1 Å². The minimum atomic E-state index is -3.64. The van der Waals surface area contributed by atoms with Gasteiger partial charge in [-0.1, -0.05) is 6.07 Å². The maximum atomic E-state index is 12.5. The van der Waals surface area contributed by atoms with Crippen LogP contribution in [0.3, 0.4) is 0 Å². The van der Waals surface area contributed by atoms with Gasteiger partial charge < -0.3 is 10.1 Å². The maximum Gasteiger partial charge on any atom is 0.243 e. The van der Waals surface area contributed by atoms with Gasteiger partial charge in [-0.15, -0.1) is 11.8 Å². The van der Waals surface area contributed by atoms with Gasteiger partial charge in [-0.25, -0.2) is 13.4 Å². The molecule has 7 nitrogen and oxygen atoms in total. The number of thioether (sulfide) groups is 1. The first-order chi connectivity index (χ1) is 13.3. The van der Waals surface area contributed by atoms with Gasteiger partial charge in [0.15, 0.2) is 0 Å². The van der Waals surface area contributed by atoms with Crippen molar-refractivity contribution in [2.45, 2.75) is 24.9 Å². The lowest BCUT2D eigenvalue weighted by atomic mass is 10.2. The zero-order valence-corrected chi connectivity index (χ0v) is 17.8. The van der Waals surface area contributed by atoms with E-state index in [2.05, 4.69) is 10.3 Å². The van der Waals surface area contributed by atoms with Crippen molar-refractivity contribution in [3.63, 3.8) is 0 Å². The van der Waals surface area contributed by atoms with Gasteiger partial charge in [0, 0.05) is 18.5 Å². The highest BCUT2D eigenvalue weighted by molar-refractivity contribution is 7.99. The Hall–Kier alpha value is -2.26. The molecule has 1 aromatic carbocycles. The van der Waals surface area contributed by atoms with Crippen molar-refractivity contribution in [2.75, 3.05) is 29.5 Å². The Morgan fingerprint density at radius 1 is 1.25 bits per heavy atom. The number of nitrogens with one attached hydrogen (secondary N) is 1. The van der Waals surface area contributed by atoms with Gasteiger partial charge in [0.1, 0.15) is 11.8 Å². The molecule has 1 N–H and O–H groups in total. The van der Waals surface area contributed by atoms with Gasteiger partial charge in [0.2, 0.25) is 15.9 Å². The molecule has 0 radical (unpaired) electrons. The van der Waals surface area contributed by atoms with Crippen LogP contribution in [0.15, 0.2) is 53.7 Å². The Labute approximate surface area is 170 Å². The lowest BCUT2D eigenvalue weighted by Gasteiger charge is -2.28. The molecule has 1 heterocycles. The van der Waals surface area contributed by atoms with Crippen LogP contribution in [0.4, 0.5) is 5.69 Å². The van der Waals surface area contributed by atoms with Crippen molar-refractivity contribution >= 4 is 33.4 Å². The van der Waals surface area contributed by atoms with Crippen LogP contribution in [0.1, 0.15) is 13.8 Å². The van der Waals surface area contributed by atoms with Crippen molar-refractivity contribution in [1.82, 2.24) is 10.3 Å². The summed E-state index contributed by atoms with van der Waals surface area (Å²) in [4.78, 5) is 16.7. The highest BCUT2D eigenvalue weighted by Gasteiger charge is 2.28. The molecule has 1 amide bonds. The molecular formula is C19H25N3O4S2. The molecule has 0 bridgehead atoms. The first-order valence-corrected chi connectivity index (χ1v) is 11.7. The minimum absolute atomic E-state index is 0.360. The molecule has 0 spiro atoms. The normalized spacial score (nSPS) is 12.2. The van der Waals surface area contributed by atoms with Gasteiger partial charge in [-0.05, 0) is 50.2 Å². The molecule has 1 aromatic heterocycles. The highest BCUT2D eigenvalue weighted by atomic mass is 32.2. The summed E-state index contributed by atoms with van der Waals surface area (Å²) < 4.78 is 31.1. The van der Waals surface area contributed by atoms with E-state index in [0.717, 1.165) is 15.6 Å². The van der Waals surface area contributed by atoms with Gasteiger partial charge in [0.25, 0.3) is 0 Å². The molecule has 0 saturated carbocycles. The van der Waals surface area contributed by atoms with Crippen LogP contribution >= 0.6 is 11.8 Å². The molecule has 0 unspecified atom stereocenters. The fourth-order valence-electron chi connectivity index (χ4n) is 2.57. The second-order valence-electron chi connectivity index (χ2n) is 5.97. The largest absolute Gasteiger partial charge is 0.494 e. The summed E-state index contributed by atoms with van der Waals surface area (Å²) in [5.74, 6) is 0.918. The van der Waals surface area contributed by atoms with E-state index in [-0.39, 0.29) is 5.91 Å². The van der Waals surface area contributed by atoms with Gasteiger partial charge in [-0.3, -0.25) is 9.10 Å². The van der Waals surface area contributed by atoms with Gasteiger partial charge in [-0.2, -0.15) is 0 Å². The Balaban J connectivity index is 1.99. The third-order valence-electron chi connectivity index (χ3n) is 3.78. The number of hydrogen-bond donors (Lipinski definition) is 1. The third kappa shape index (κ3) is 6.42. The zero-order chi connectivity index (χ0) is 20.6. The Bertz CT molecular complexity index is 859. The second-order valence-corrected chi connectivity index (χ2v) is 8.94. The third-order valence-corrected chi connectivity index (χ3v) is 5.97. The molecule has 28 heavy (non-hydrogen) atoms. The van der Waals surface area contributed by atoms with Gasteiger partial charge >= 0.3 is 0 Å². The predicted molar refractivity (Wildman–Crippen MR) is 112 cm³/mol. The summed E-state index contributed by atoms with van der Waals surface area (Å²) in [6.07, 6.45) is 2.80. The van der Waals surface area contributed by atoms with E-state index in [1.54, 1.807) is 37.4 Å². The average Bonchev–Trinajstić information content (AvgIpc) is 2.66. The van der Waals surface area contributed by atoms with Crippen LogP contribution in [0, 0.1) is 0 Å². The summed E-state index contributed by atoms with van der Waals surface area (Å²) in [7, 11) is -3.64. The summed E-state index contributed by atoms with van der Waals surface area (Å²) in [5.41, 5.74) is 0.413. The summed E-state index contributed by atoms with van der Waals surface area (Å²) in [6, 6.07) is 11.4. The standard InChI is InChI=1S/C19H25N3O4S2/c1-4-26-17-10-8-16(9-11-17)22(28(3,24)25)15(2)19(23)21-13-14-27-18-7-5-6-12-20-18/h5-12,15H,4,13-14H2,1-3H3,(H,21,23)/t15-/m1/s1. The lowest BCUT2D eigenvalue weighted by molar-refractivity contribution is -0.121. The van der Waals surface area contributed by atoms with Crippen LogP contribution in [-0.2, 0) is 14.8 Å². The zero-order valence-electron chi connectivity index (χ0n) is 16.2. The Morgan fingerprint density at radius 2 is 1.96 bits per heavy atom. The molecule has 152 valence electrons. The molecule has 0 aliphatic carbocycles. The number of carbonyl (C=O) groups excluding carboxylic acids is 1. The summed E-state index contributed by atoms with van der Waals surface area (Å²) >= 11 is 1.52. The number of nitrogens with zero attached hydrogens (tertiary/aromatic N) is 2. The first kappa shape index (κ1) is 22.0. The average molecular weight is 424 g/mol. The number of sulfonamides is 1. The number of hydrogen-bond acceptors (Lipinski definition) is 6. The number of ether oxygens (including phenoxy) is 1. The van der Waals surface area contributed by atoms with E-state index in [4.69, 9.17) is 4.74 Å². The maximum absolute atomic E-state index is 12.5. The van der Waals surface area contributed by atoms with E-state index >= 15 is 0 Å². The summed E-state index contributed by atoms with van der Waals surface area (Å²) in [5, 5.41) is 3.66. The fourth-order valence-corrected chi connectivity index (χ4v) is 4.47. The van der Waals surface area contributed by atoms with E-state index in [0.29, 0.717) is 30.3 Å². The van der Waals surface area contributed by atoms with Crippen LogP contribution in [0.5, 0.6) is 5.75 Å². The minimum Gasteiger partial charge on any atom is -0.494 e. The van der Waals surface area contributed by atoms with Crippen LogP contribution in [0.2, 0.25) is 0 Å². The topological polar surface area (TPSA) is 88.6 Å². The molecule has 0 aliphatic rings. The Morgan fingerprint density at radius 3 is 2.54 bits per heavy atom. The Kier molecular flexibility index (Phi) is 8.13. The van der Waals surface area contributed by atoms with Crippen molar-refractivity contribution in [2.24, 2.45) is 0 Å². The van der Waals surface area contributed by atoms with Crippen molar-refractivity contribution in [1.29, 1.82) is 0 Å². The number of aromatic nitrogens is 1. The van der Waals surface area contributed by atoms with Crippen LogP contribution in [-0.4, -0.2) is 50.5 Å². The van der Waals surface area contributed by atoms with E-state index in [1.165, 1.54) is 11.8 Å². The fraction of sp³-hybridized carbons (Fsp3) is 0.368. The predicted octanol–water partition coefficient (Wildman–Crippen LogP) is 2.54. The lowest BCUT2D eigenvalue weighted by Crippen LogP contribution is -2.48. The first-order valence-electron chi connectivity index (χ1n) is 8.86. The number of rotatable bonds is 10. The van der Waals surface area contributed by atoms with E-state index < -0.39 is 16.1 Å². The molecule has 0 fully saturated rings.